The summed E-state index contributed by atoms with van der Waals surface area (Å²) in [7, 11) is -1.00. The fourth-order valence-electron chi connectivity index (χ4n) is 1.53. The van der Waals surface area contributed by atoms with Crippen molar-refractivity contribution < 1.29 is 139 Å². The average Bonchev–Trinajstić information content (AvgIpc) is 2.85. The number of halogens is 4. The zero-order valence-corrected chi connectivity index (χ0v) is 29.3. The van der Waals surface area contributed by atoms with Gasteiger partial charge in [-0.3, -0.25) is 18.8 Å². The molecule has 0 aliphatic rings. The summed E-state index contributed by atoms with van der Waals surface area (Å²) in [5.74, 6) is -1.41. The molecule has 0 unspecified atom stereocenters. The molecule has 0 saturated carbocycles. The van der Waals surface area contributed by atoms with Gasteiger partial charge in [-0.25, -0.2) is 4.39 Å². The molecule has 2 aromatic carbocycles. The number of rotatable bonds is 5. The van der Waals surface area contributed by atoms with Crippen molar-refractivity contribution in [3.63, 3.8) is 0 Å². The summed E-state index contributed by atoms with van der Waals surface area (Å²) >= 11 is 6.37. The minimum Gasteiger partial charge on any atom is -1.00 e. The number of benzene rings is 2. The average molecular weight is 703 g/mol. The number of nitrogens with two attached hydrogens (primary N) is 3. The van der Waals surface area contributed by atoms with Crippen molar-refractivity contribution >= 4 is 55.8 Å². The van der Waals surface area contributed by atoms with E-state index in [0.717, 1.165) is 4.47 Å². The summed E-state index contributed by atoms with van der Waals surface area (Å²) in [6.07, 6.45) is 0. The van der Waals surface area contributed by atoms with Crippen molar-refractivity contribution in [1.82, 2.24) is 0 Å². The standard InChI is InChI=1S/C9H8BrN3O.C7H3BrFN.C2H6N2O.CH3F.CH2O3.2K.H/c10-7-1-2-8(6(3-7)4-11)13-5-9(12)14;8-6-1-2-7(9)5(3-6)4-10;3-1-2(4)5;1-2;2-1-4-3;;;/h1-3,13H,5H2,(H2,12,14);1-3H;1,3H2,(H2,4,5);1H3;1,3H;;;/q;;;;;2*+1;-1/p-1/i;;;1D;;;;. The van der Waals surface area contributed by atoms with Crippen LogP contribution in [0.2, 0.25) is 0 Å². The Morgan fingerprint density at radius 3 is 1.86 bits per heavy atom. The largest absolute Gasteiger partial charge is 1.00 e. The molecule has 0 fully saturated rings. The van der Waals surface area contributed by atoms with Crippen molar-refractivity contribution in [3.8, 4) is 12.1 Å². The Labute approximate surface area is 317 Å². The smallest absolute Gasteiger partial charge is 1.00 e. The van der Waals surface area contributed by atoms with Crippen molar-refractivity contribution in [1.29, 1.82) is 10.5 Å². The molecule has 7 N–H and O–H groups in total. The minimum atomic E-state index is -1.00. The first-order chi connectivity index (χ1) is 17.0. The number of carbonyl (C=O) groups excluding carboxylic acids is 3. The van der Waals surface area contributed by atoms with Gasteiger partial charge in [0, 0.05) is 8.95 Å². The van der Waals surface area contributed by atoms with Crippen LogP contribution in [0.1, 0.15) is 13.9 Å². The Kier molecular flexibility index (Phi) is 37.6. The van der Waals surface area contributed by atoms with E-state index in [-0.39, 0.29) is 129 Å². The van der Waals surface area contributed by atoms with E-state index in [4.69, 9.17) is 33.4 Å². The van der Waals surface area contributed by atoms with Crippen LogP contribution in [0.25, 0.3) is 0 Å². The van der Waals surface area contributed by atoms with E-state index in [9.17, 15) is 18.4 Å². The molecule has 2 aromatic rings. The predicted molar refractivity (Wildman–Crippen MR) is 129 cm³/mol. The molecule has 2 amide bonds. The third kappa shape index (κ3) is 28.5. The summed E-state index contributed by atoms with van der Waals surface area (Å²) < 4.78 is 29.6. The maximum absolute atomic E-state index is 12.5. The van der Waals surface area contributed by atoms with Crippen LogP contribution in [0.15, 0.2) is 45.3 Å². The Morgan fingerprint density at radius 1 is 1.14 bits per heavy atom. The van der Waals surface area contributed by atoms with E-state index in [1.54, 1.807) is 30.3 Å². The van der Waals surface area contributed by atoms with Gasteiger partial charge < -0.3 is 34.1 Å². The van der Waals surface area contributed by atoms with Gasteiger partial charge in [-0.15, -0.1) is 0 Å². The molecule has 0 aromatic heterocycles. The SMILES string of the molecule is N#Cc1cc(Br)ccc1F.N#Cc1cc(Br)ccc1NCC(N)=O.NCC(N)=O.O=CO[O-].[2H]CF.[H-].[K+].[K+]. The molecule has 2 rings (SSSR count). The molecule has 192 valence electrons. The second-order valence-electron chi connectivity index (χ2n) is 5.22. The predicted octanol–water partition coefficient (Wildman–Crippen LogP) is -4.75. The molecule has 17 heteroatoms. The van der Waals surface area contributed by atoms with Crippen molar-refractivity contribution in [3.05, 3.63) is 62.3 Å². The molecule has 11 nitrogen and oxygen atoms in total. The van der Waals surface area contributed by atoms with Gasteiger partial charge in [0.15, 0.2) is 0 Å². The summed E-state index contributed by atoms with van der Waals surface area (Å²) in [6.45, 7) is -0.212. The summed E-state index contributed by atoms with van der Waals surface area (Å²) in [5, 5.41) is 28.3. The number of carbonyl (C=O) groups is 3. The van der Waals surface area contributed by atoms with Crippen LogP contribution in [0.3, 0.4) is 0 Å². The van der Waals surface area contributed by atoms with E-state index in [0.29, 0.717) is 15.7 Å². The number of hydrogen-bond acceptors (Lipinski definition) is 9. The van der Waals surface area contributed by atoms with Gasteiger partial charge in [-0.2, -0.15) is 10.5 Å². The van der Waals surface area contributed by atoms with Crippen molar-refractivity contribution in [2.45, 2.75) is 0 Å². The Balaban J connectivity index is -0.0000000960. The van der Waals surface area contributed by atoms with Crippen LogP contribution in [0.4, 0.5) is 14.5 Å². The van der Waals surface area contributed by atoms with Gasteiger partial charge in [-0.05, 0) is 36.4 Å². The molecular weight excluding hydrogens is 680 g/mol. The Morgan fingerprint density at radius 2 is 1.54 bits per heavy atom. The summed E-state index contributed by atoms with van der Waals surface area (Å²) in [4.78, 5) is 31.2. The van der Waals surface area contributed by atoms with Crippen LogP contribution < -0.4 is 131 Å². The van der Waals surface area contributed by atoms with Crippen LogP contribution in [0, 0.1) is 28.5 Å². The minimum absolute atomic E-state index is 0. The molecule has 0 heterocycles. The van der Waals surface area contributed by atoms with E-state index in [1.807, 2.05) is 6.07 Å². The number of amides is 2. The van der Waals surface area contributed by atoms with E-state index in [2.05, 4.69) is 47.8 Å². The van der Waals surface area contributed by atoms with Gasteiger partial charge in [0.1, 0.15) is 18.0 Å². The topological polar surface area (TPSA) is 221 Å². The number of nitriles is 2. The molecule has 0 atom stereocenters. The van der Waals surface area contributed by atoms with Crippen LogP contribution in [-0.4, -0.2) is 38.5 Å². The molecular formula is C20H22Br2F2K2N6O5. The first kappa shape index (κ1) is 43.7. The number of nitrogens with one attached hydrogen (secondary N) is 1. The van der Waals surface area contributed by atoms with Gasteiger partial charge in [-0.1, -0.05) is 31.9 Å². The number of nitrogens with zero attached hydrogens (tertiary/aromatic N) is 2. The molecule has 0 radical (unpaired) electrons. The fourth-order valence-corrected chi connectivity index (χ4v) is 2.25. The first-order valence-corrected chi connectivity index (χ1v) is 10.2. The Bertz CT molecular complexity index is 1050. The number of alkyl halides is 1. The van der Waals surface area contributed by atoms with Crippen LogP contribution in [0.5, 0.6) is 0 Å². The third-order valence-electron chi connectivity index (χ3n) is 2.84. The normalized spacial score (nSPS) is 7.95. The maximum Gasteiger partial charge on any atom is 1.00 e. The molecule has 0 spiro atoms. The number of hydrogen-bond donors (Lipinski definition) is 4. The van der Waals surface area contributed by atoms with E-state index in [1.165, 1.54) is 12.1 Å². The molecule has 0 aliphatic carbocycles. The van der Waals surface area contributed by atoms with Gasteiger partial charge in [0.2, 0.25) is 11.8 Å². The second kappa shape index (κ2) is 31.9. The number of primary amides is 2. The van der Waals surface area contributed by atoms with Gasteiger partial charge in [0.25, 0.3) is 6.47 Å². The van der Waals surface area contributed by atoms with Crippen LogP contribution in [-0.2, 0) is 19.3 Å². The Hall–Kier alpha value is -0.357. The summed E-state index contributed by atoms with van der Waals surface area (Å²) in [5.41, 5.74) is 15.3. The molecule has 0 saturated heterocycles. The summed E-state index contributed by atoms with van der Waals surface area (Å²) in [6, 6.07) is 13.2. The molecule has 37 heavy (non-hydrogen) atoms. The van der Waals surface area contributed by atoms with Gasteiger partial charge >= 0.3 is 103 Å². The molecule has 0 aliphatic heterocycles. The van der Waals surface area contributed by atoms with E-state index >= 15 is 0 Å². The third-order valence-corrected chi connectivity index (χ3v) is 3.83. The molecule has 0 bridgehead atoms. The van der Waals surface area contributed by atoms with Crippen molar-refractivity contribution in [2.75, 3.05) is 25.6 Å². The monoisotopic (exact) mass is 701 g/mol. The van der Waals surface area contributed by atoms with Crippen molar-refractivity contribution in [2.24, 2.45) is 17.2 Å². The quantitative estimate of drug-likeness (QED) is 0.102. The zero-order chi connectivity index (χ0) is 28.5. The first-order valence-electron chi connectivity index (χ1n) is 9.31. The maximum atomic E-state index is 12.5. The van der Waals surface area contributed by atoms with E-state index < -0.39 is 24.8 Å². The zero-order valence-electron chi connectivity index (χ0n) is 21.8. The van der Waals surface area contributed by atoms with Gasteiger partial charge in [0.05, 0.1) is 38.4 Å². The number of anilines is 1. The fraction of sp³-hybridized carbons (Fsp3) is 0.150. The van der Waals surface area contributed by atoms with Crippen LogP contribution >= 0.6 is 31.9 Å². The second-order valence-corrected chi connectivity index (χ2v) is 7.05.